The predicted molar refractivity (Wildman–Crippen MR) is 75.9 cm³/mol. The Bertz CT molecular complexity index is 414. The van der Waals surface area contributed by atoms with E-state index in [1.54, 1.807) is 0 Å². The van der Waals surface area contributed by atoms with Gasteiger partial charge in [-0.25, -0.2) is 0 Å². The van der Waals surface area contributed by atoms with E-state index in [4.69, 9.17) is 5.73 Å². The van der Waals surface area contributed by atoms with Crippen molar-refractivity contribution in [3.05, 3.63) is 35.4 Å². The second kappa shape index (κ2) is 6.21. The second-order valence-electron chi connectivity index (χ2n) is 5.06. The molecule has 0 atom stereocenters. The standard InChI is InChI=1S/C14H20N2O.ClH/c1-11-3-2-4-12(9-11)10-14(13(15)17)5-7-16-8-6-14;/h2-4,9,16H,5-8,10H2,1H3,(H2,15,17);1H. The molecular weight excluding hydrogens is 248 g/mol. The summed E-state index contributed by atoms with van der Waals surface area (Å²) >= 11 is 0. The van der Waals surface area contributed by atoms with Gasteiger partial charge in [0.15, 0.2) is 0 Å². The topological polar surface area (TPSA) is 55.1 Å². The lowest BCUT2D eigenvalue weighted by Crippen LogP contribution is -2.46. The third kappa shape index (κ3) is 3.24. The molecule has 1 fully saturated rings. The van der Waals surface area contributed by atoms with Crippen molar-refractivity contribution in [1.82, 2.24) is 5.32 Å². The van der Waals surface area contributed by atoms with Gasteiger partial charge in [0.2, 0.25) is 5.91 Å². The van der Waals surface area contributed by atoms with Gasteiger partial charge in [-0.2, -0.15) is 0 Å². The first-order valence-corrected chi connectivity index (χ1v) is 6.19. The smallest absolute Gasteiger partial charge is 0.224 e. The lowest BCUT2D eigenvalue weighted by Gasteiger charge is -2.34. The van der Waals surface area contributed by atoms with Gasteiger partial charge in [-0.05, 0) is 44.8 Å². The zero-order valence-corrected chi connectivity index (χ0v) is 11.6. The number of rotatable bonds is 3. The zero-order valence-electron chi connectivity index (χ0n) is 10.7. The Labute approximate surface area is 115 Å². The van der Waals surface area contributed by atoms with Gasteiger partial charge in [-0.15, -0.1) is 12.4 Å². The summed E-state index contributed by atoms with van der Waals surface area (Å²) in [5, 5.41) is 3.28. The molecule has 100 valence electrons. The average molecular weight is 269 g/mol. The van der Waals surface area contributed by atoms with Crippen LogP contribution in [0.3, 0.4) is 0 Å². The van der Waals surface area contributed by atoms with Gasteiger partial charge in [-0.3, -0.25) is 4.79 Å². The Morgan fingerprint density at radius 3 is 2.61 bits per heavy atom. The molecule has 3 N–H and O–H groups in total. The molecule has 0 spiro atoms. The van der Waals surface area contributed by atoms with E-state index in [1.165, 1.54) is 11.1 Å². The van der Waals surface area contributed by atoms with E-state index < -0.39 is 0 Å². The van der Waals surface area contributed by atoms with Crippen LogP contribution >= 0.6 is 12.4 Å². The van der Waals surface area contributed by atoms with Crippen molar-refractivity contribution < 1.29 is 4.79 Å². The first kappa shape index (κ1) is 15.0. The summed E-state index contributed by atoms with van der Waals surface area (Å²) in [5.41, 5.74) is 7.72. The highest BCUT2D eigenvalue weighted by atomic mass is 35.5. The van der Waals surface area contributed by atoms with Gasteiger partial charge in [0.05, 0.1) is 5.41 Å². The van der Waals surface area contributed by atoms with E-state index >= 15 is 0 Å². The summed E-state index contributed by atoms with van der Waals surface area (Å²) in [5.74, 6) is -0.152. The highest BCUT2D eigenvalue weighted by Crippen LogP contribution is 2.32. The lowest BCUT2D eigenvalue weighted by atomic mass is 9.73. The predicted octanol–water partition coefficient (Wildman–Crippen LogP) is 1.81. The Morgan fingerprint density at radius 1 is 1.39 bits per heavy atom. The second-order valence-corrected chi connectivity index (χ2v) is 5.06. The van der Waals surface area contributed by atoms with Crippen molar-refractivity contribution in [3.63, 3.8) is 0 Å². The van der Waals surface area contributed by atoms with E-state index in [0.29, 0.717) is 0 Å². The molecule has 0 bridgehead atoms. The molecule has 1 aliphatic heterocycles. The van der Waals surface area contributed by atoms with Gasteiger partial charge in [-0.1, -0.05) is 29.8 Å². The van der Waals surface area contributed by atoms with E-state index in [-0.39, 0.29) is 23.7 Å². The van der Waals surface area contributed by atoms with Crippen LogP contribution < -0.4 is 11.1 Å². The monoisotopic (exact) mass is 268 g/mol. The number of amides is 1. The van der Waals surface area contributed by atoms with E-state index in [1.807, 2.05) is 6.07 Å². The minimum Gasteiger partial charge on any atom is -0.369 e. The molecule has 1 saturated heterocycles. The molecule has 1 amide bonds. The number of aryl methyl sites for hydroxylation is 1. The van der Waals surface area contributed by atoms with Crippen molar-refractivity contribution in [2.45, 2.75) is 26.2 Å². The summed E-state index contributed by atoms with van der Waals surface area (Å²) in [7, 11) is 0. The number of carbonyl (C=O) groups excluding carboxylic acids is 1. The molecule has 1 aliphatic rings. The molecule has 4 heteroatoms. The Morgan fingerprint density at radius 2 is 2.06 bits per heavy atom. The van der Waals surface area contributed by atoms with Crippen LogP contribution in [0.4, 0.5) is 0 Å². The van der Waals surface area contributed by atoms with Crippen molar-refractivity contribution in [3.8, 4) is 0 Å². The molecule has 0 unspecified atom stereocenters. The minimum atomic E-state index is -0.348. The summed E-state index contributed by atoms with van der Waals surface area (Å²) in [6.07, 6.45) is 2.46. The molecule has 2 rings (SSSR count). The SMILES string of the molecule is Cc1cccc(CC2(C(N)=O)CCNCC2)c1.Cl. The molecule has 1 heterocycles. The third-order valence-corrected chi connectivity index (χ3v) is 3.71. The number of primary amides is 1. The summed E-state index contributed by atoms with van der Waals surface area (Å²) in [6, 6.07) is 8.34. The normalized spacial score (nSPS) is 17.8. The molecular formula is C14H21ClN2O. The maximum Gasteiger partial charge on any atom is 0.224 e. The van der Waals surface area contributed by atoms with E-state index in [2.05, 4.69) is 30.4 Å². The lowest BCUT2D eigenvalue weighted by molar-refractivity contribution is -0.129. The molecule has 1 aromatic carbocycles. The van der Waals surface area contributed by atoms with Crippen LogP contribution in [-0.2, 0) is 11.2 Å². The van der Waals surface area contributed by atoms with Gasteiger partial charge >= 0.3 is 0 Å². The van der Waals surface area contributed by atoms with E-state index in [9.17, 15) is 4.79 Å². The highest BCUT2D eigenvalue weighted by molar-refractivity contribution is 5.85. The summed E-state index contributed by atoms with van der Waals surface area (Å²) < 4.78 is 0. The number of hydrogen-bond acceptors (Lipinski definition) is 2. The number of benzene rings is 1. The van der Waals surface area contributed by atoms with E-state index in [0.717, 1.165) is 32.4 Å². The number of nitrogens with two attached hydrogens (primary N) is 1. The first-order valence-electron chi connectivity index (χ1n) is 6.19. The number of halogens is 1. The van der Waals surface area contributed by atoms with Crippen LogP contribution in [0.5, 0.6) is 0 Å². The molecule has 1 aromatic rings. The van der Waals surface area contributed by atoms with Gasteiger partial charge in [0.25, 0.3) is 0 Å². The zero-order chi connectivity index (χ0) is 12.3. The number of nitrogens with one attached hydrogen (secondary N) is 1. The van der Waals surface area contributed by atoms with Crippen LogP contribution in [0.1, 0.15) is 24.0 Å². The molecule has 0 aliphatic carbocycles. The van der Waals surface area contributed by atoms with Crippen molar-refractivity contribution in [1.29, 1.82) is 0 Å². The fourth-order valence-corrected chi connectivity index (χ4v) is 2.63. The Hall–Kier alpha value is -1.06. The van der Waals surface area contributed by atoms with Crippen molar-refractivity contribution >= 4 is 18.3 Å². The minimum absolute atomic E-state index is 0. The summed E-state index contributed by atoms with van der Waals surface area (Å²) in [4.78, 5) is 11.8. The molecule has 0 radical (unpaired) electrons. The molecule has 0 saturated carbocycles. The van der Waals surface area contributed by atoms with Gasteiger partial charge in [0, 0.05) is 0 Å². The van der Waals surface area contributed by atoms with Crippen LogP contribution in [0, 0.1) is 12.3 Å². The molecule has 18 heavy (non-hydrogen) atoms. The average Bonchev–Trinajstić information content (AvgIpc) is 2.30. The number of hydrogen-bond donors (Lipinski definition) is 2. The highest BCUT2D eigenvalue weighted by Gasteiger charge is 2.37. The Balaban J connectivity index is 0.00000162. The third-order valence-electron chi connectivity index (χ3n) is 3.71. The van der Waals surface area contributed by atoms with Crippen molar-refractivity contribution in [2.24, 2.45) is 11.1 Å². The van der Waals surface area contributed by atoms with Crippen LogP contribution in [0.2, 0.25) is 0 Å². The van der Waals surface area contributed by atoms with Crippen LogP contribution in [-0.4, -0.2) is 19.0 Å². The summed E-state index contributed by atoms with van der Waals surface area (Å²) in [6.45, 7) is 3.84. The maximum atomic E-state index is 11.8. The fourth-order valence-electron chi connectivity index (χ4n) is 2.63. The fraction of sp³-hybridized carbons (Fsp3) is 0.500. The largest absolute Gasteiger partial charge is 0.369 e. The van der Waals surface area contributed by atoms with Crippen LogP contribution in [0.25, 0.3) is 0 Å². The van der Waals surface area contributed by atoms with Gasteiger partial charge < -0.3 is 11.1 Å². The Kier molecular flexibility index (Phi) is 5.17. The van der Waals surface area contributed by atoms with Crippen molar-refractivity contribution in [2.75, 3.05) is 13.1 Å². The molecule has 3 nitrogen and oxygen atoms in total. The molecule has 0 aromatic heterocycles. The maximum absolute atomic E-state index is 11.8. The first-order chi connectivity index (χ1) is 8.12. The van der Waals surface area contributed by atoms with Gasteiger partial charge in [0.1, 0.15) is 0 Å². The quantitative estimate of drug-likeness (QED) is 0.879. The number of carbonyl (C=O) groups is 1. The number of piperidine rings is 1. The van der Waals surface area contributed by atoms with Crippen LogP contribution in [0.15, 0.2) is 24.3 Å².